The van der Waals surface area contributed by atoms with Crippen molar-refractivity contribution >= 4 is 29.1 Å². The topological polar surface area (TPSA) is 123 Å². The monoisotopic (exact) mass is 487 g/mol. The summed E-state index contributed by atoms with van der Waals surface area (Å²) in [6.45, 7) is 11.2. The van der Waals surface area contributed by atoms with Gasteiger partial charge in [-0.1, -0.05) is 12.1 Å². The quantitative estimate of drug-likeness (QED) is 0.528. The number of para-hydroxylation sites is 2. The molecule has 0 atom stereocenters. The van der Waals surface area contributed by atoms with Crippen molar-refractivity contribution in [3.63, 3.8) is 0 Å². The minimum absolute atomic E-state index is 0.0334. The van der Waals surface area contributed by atoms with Crippen LogP contribution in [0, 0.1) is 27.7 Å². The lowest BCUT2D eigenvalue weighted by Crippen LogP contribution is -2.36. The maximum atomic E-state index is 13.2. The number of esters is 1. The second kappa shape index (κ2) is 10.1. The first-order chi connectivity index (χ1) is 17.2. The van der Waals surface area contributed by atoms with Crippen LogP contribution in [0.15, 0.2) is 46.6 Å². The summed E-state index contributed by atoms with van der Waals surface area (Å²) in [4.78, 5) is 39.6. The highest BCUT2D eigenvalue weighted by Gasteiger charge is 2.27. The van der Waals surface area contributed by atoms with Gasteiger partial charge in [0.05, 0.1) is 30.1 Å². The molecule has 1 aliphatic heterocycles. The standard InChI is InChI=1S/C26H29N7O3/c1-7-36-25(35)23-17(5)29-20-10-8-9-11-21(20)30-24(23)31-22(34)13-19-16(4)32-33(18(19)6)26-27-14(2)12-15(3)28-26/h8-12,29H,7,13H2,1-6H3,(H,30,31,34). The molecule has 0 saturated carbocycles. The van der Waals surface area contributed by atoms with E-state index in [0.29, 0.717) is 23.0 Å². The van der Waals surface area contributed by atoms with Crippen molar-refractivity contribution in [1.82, 2.24) is 25.1 Å². The Bertz CT molecular complexity index is 1400. The van der Waals surface area contributed by atoms with E-state index in [-0.39, 0.29) is 30.3 Å². The van der Waals surface area contributed by atoms with Gasteiger partial charge in [0, 0.05) is 28.3 Å². The second-order valence-corrected chi connectivity index (χ2v) is 8.56. The fourth-order valence-corrected chi connectivity index (χ4v) is 4.10. The summed E-state index contributed by atoms with van der Waals surface area (Å²) in [7, 11) is 0. The minimum atomic E-state index is -0.568. The van der Waals surface area contributed by atoms with Crippen LogP contribution in [0.2, 0.25) is 0 Å². The van der Waals surface area contributed by atoms with Crippen molar-refractivity contribution < 1.29 is 14.3 Å². The summed E-state index contributed by atoms with van der Waals surface area (Å²) in [6.07, 6.45) is 0.0334. The molecule has 4 rings (SSSR count). The summed E-state index contributed by atoms with van der Waals surface area (Å²) < 4.78 is 6.90. The summed E-state index contributed by atoms with van der Waals surface area (Å²) in [5.74, 6) is -0.316. The van der Waals surface area contributed by atoms with E-state index in [1.54, 1.807) is 24.6 Å². The molecule has 3 aromatic rings. The number of allylic oxidation sites excluding steroid dienone is 1. The molecule has 0 saturated heterocycles. The Morgan fingerprint density at radius 3 is 2.44 bits per heavy atom. The molecule has 1 aliphatic rings. The number of nitrogens with one attached hydrogen (secondary N) is 2. The van der Waals surface area contributed by atoms with Gasteiger partial charge in [0.1, 0.15) is 11.4 Å². The number of aromatic nitrogens is 4. The zero-order valence-electron chi connectivity index (χ0n) is 21.3. The van der Waals surface area contributed by atoms with Crippen LogP contribution in [0.4, 0.5) is 11.4 Å². The van der Waals surface area contributed by atoms with Crippen molar-refractivity contribution in [2.75, 3.05) is 11.9 Å². The molecule has 36 heavy (non-hydrogen) atoms. The molecule has 2 N–H and O–H groups in total. The number of fused-ring (bicyclic) bond motifs is 1. The molecule has 0 unspecified atom stereocenters. The van der Waals surface area contributed by atoms with E-state index in [1.165, 1.54) is 0 Å². The van der Waals surface area contributed by atoms with Crippen LogP contribution in [0.25, 0.3) is 5.95 Å². The smallest absolute Gasteiger partial charge is 0.343 e. The molecule has 2 aromatic heterocycles. The Morgan fingerprint density at radius 1 is 1.06 bits per heavy atom. The zero-order chi connectivity index (χ0) is 26.0. The number of hydrogen-bond donors (Lipinski definition) is 2. The molecule has 0 radical (unpaired) electrons. The predicted molar refractivity (Wildman–Crippen MR) is 136 cm³/mol. The molecule has 0 fully saturated rings. The van der Waals surface area contributed by atoms with E-state index >= 15 is 0 Å². The summed E-state index contributed by atoms with van der Waals surface area (Å²) in [5, 5.41) is 10.6. The van der Waals surface area contributed by atoms with Crippen LogP contribution < -0.4 is 10.6 Å². The third kappa shape index (κ3) is 5.02. The molecule has 10 heteroatoms. The summed E-state index contributed by atoms with van der Waals surface area (Å²) in [6, 6.07) is 9.25. The van der Waals surface area contributed by atoms with Crippen LogP contribution in [0.5, 0.6) is 0 Å². The number of carbonyl (C=O) groups excluding carboxylic acids is 2. The fraction of sp³-hybridized carbons (Fsp3) is 0.308. The van der Waals surface area contributed by atoms with Crippen LogP contribution in [0.1, 0.15) is 42.2 Å². The van der Waals surface area contributed by atoms with E-state index in [4.69, 9.17) is 4.74 Å². The highest BCUT2D eigenvalue weighted by Crippen LogP contribution is 2.30. The Hall–Kier alpha value is -4.34. The van der Waals surface area contributed by atoms with Crippen LogP contribution >= 0.6 is 0 Å². The molecule has 0 aliphatic carbocycles. The second-order valence-electron chi connectivity index (χ2n) is 8.56. The molecule has 3 heterocycles. The van der Waals surface area contributed by atoms with Crippen LogP contribution in [-0.4, -0.2) is 44.1 Å². The maximum Gasteiger partial charge on any atom is 0.343 e. The number of hydrogen-bond acceptors (Lipinski definition) is 8. The fourth-order valence-electron chi connectivity index (χ4n) is 4.10. The van der Waals surface area contributed by atoms with Gasteiger partial charge in [0.15, 0.2) is 0 Å². The van der Waals surface area contributed by atoms with E-state index in [1.807, 2.05) is 52.0 Å². The number of anilines is 1. The summed E-state index contributed by atoms with van der Waals surface area (Å²) >= 11 is 0. The first-order valence-electron chi connectivity index (χ1n) is 11.7. The van der Waals surface area contributed by atoms with Gasteiger partial charge in [-0.15, -0.1) is 0 Å². The van der Waals surface area contributed by atoms with Crippen LogP contribution in [-0.2, 0) is 20.7 Å². The largest absolute Gasteiger partial charge is 0.462 e. The average molecular weight is 488 g/mol. The number of amidine groups is 1. The van der Waals surface area contributed by atoms with Gasteiger partial charge in [-0.3, -0.25) is 4.79 Å². The number of ether oxygens (including phenoxy) is 1. The third-order valence-corrected chi connectivity index (χ3v) is 5.75. The normalized spacial score (nSPS) is 12.9. The molecule has 10 nitrogen and oxygen atoms in total. The van der Waals surface area contributed by atoms with Gasteiger partial charge in [0.25, 0.3) is 5.95 Å². The number of nitrogens with zero attached hydrogens (tertiary/aromatic N) is 5. The molecule has 0 spiro atoms. The number of benzene rings is 1. The van der Waals surface area contributed by atoms with Crippen molar-refractivity contribution in [2.45, 2.75) is 48.0 Å². The van der Waals surface area contributed by atoms with Crippen molar-refractivity contribution in [1.29, 1.82) is 0 Å². The Morgan fingerprint density at radius 2 is 1.75 bits per heavy atom. The van der Waals surface area contributed by atoms with Crippen molar-refractivity contribution in [3.8, 4) is 5.95 Å². The first-order valence-corrected chi connectivity index (χ1v) is 11.7. The van der Waals surface area contributed by atoms with Gasteiger partial charge in [-0.2, -0.15) is 5.10 Å². The lowest BCUT2D eigenvalue weighted by molar-refractivity contribution is -0.137. The molecule has 186 valence electrons. The highest BCUT2D eigenvalue weighted by molar-refractivity contribution is 6.24. The van der Waals surface area contributed by atoms with E-state index in [9.17, 15) is 9.59 Å². The lowest BCUT2D eigenvalue weighted by Gasteiger charge is -2.13. The van der Waals surface area contributed by atoms with Gasteiger partial charge < -0.3 is 15.4 Å². The van der Waals surface area contributed by atoms with Gasteiger partial charge in [0.2, 0.25) is 5.91 Å². The third-order valence-electron chi connectivity index (χ3n) is 5.75. The molecule has 0 bridgehead atoms. The van der Waals surface area contributed by atoms with Gasteiger partial charge >= 0.3 is 5.97 Å². The van der Waals surface area contributed by atoms with E-state index < -0.39 is 5.97 Å². The molecular formula is C26H29N7O3. The Kier molecular flexibility index (Phi) is 6.96. The number of aryl methyl sites for hydroxylation is 3. The number of amides is 1. The van der Waals surface area contributed by atoms with Crippen molar-refractivity contribution in [2.24, 2.45) is 4.99 Å². The average Bonchev–Trinajstić information content (AvgIpc) is 2.99. The lowest BCUT2D eigenvalue weighted by atomic mass is 10.1. The maximum absolute atomic E-state index is 13.2. The minimum Gasteiger partial charge on any atom is -0.462 e. The number of aliphatic imine (C=N–C) groups is 1. The SMILES string of the molecule is CCOC(=O)C1=C(C)Nc2ccccc2N=C1NC(=O)Cc1c(C)nn(-c2nc(C)cc(C)n2)c1C. The molecule has 1 amide bonds. The number of rotatable bonds is 5. The Balaban J connectivity index is 1.65. The Labute approximate surface area is 209 Å². The molecule has 1 aromatic carbocycles. The zero-order valence-corrected chi connectivity index (χ0v) is 21.3. The predicted octanol–water partition coefficient (Wildman–Crippen LogP) is 3.55. The van der Waals surface area contributed by atoms with Gasteiger partial charge in [-0.25, -0.2) is 24.4 Å². The highest BCUT2D eigenvalue weighted by atomic mass is 16.5. The molecular weight excluding hydrogens is 458 g/mol. The van der Waals surface area contributed by atoms with Crippen LogP contribution in [0.3, 0.4) is 0 Å². The number of carbonyl (C=O) groups is 2. The van der Waals surface area contributed by atoms with E-state index in [0.717, 1.165) is 28.3 Å². The van der Waals surface area contributed by atoms with Crippen molar-refractivity contribution in [3.05, 3.63) is 69.9 Å². The van der Waals surface area contributed by atoms with Gasteiger partial charge in [-0.05, 0) is 59.7 Å². The van der Waals surface area contributed by atoms with E-state index in [2.05, 4.69) is 30.7 Å². The summed E-state index contributed by atoms with van der Waals surface area (Å²) in [5.41, 5.74) is 5.90. The first kappa shape index (κ1) is 24.8.